The first-order valence-electron chi connectivity index (χ1n) is 5.61. The van der Waals surface area contributed by atoms with Crippen LogP contribution >= 0.6 is 22.9 Å². The van der Waals surface area contributed by atoms with Crippen LogP contribution in [0.25, 0.3) is 0 Å². The molecule has 0 fully saturated rings. The van der Waals surface area contributed by atoms with Crippen molar-refractivity contribution in [2.75, 3.05) is 5.32 Å². The minimum Gasteiger partial charge on any atom is -0.435 e. The van der Waals surface area contributed by atoms with Crippen molar-refractivity contribution in [2.45, 2.75) is 19.6 Å². The number of hydrogen-bond acceptors (Lipinski definition) is 3. The fourth-order valence-corrected chi connectivity index (χ4v) is 2.68. The Balaban J connectivity index is 1.99. The van der Waals surface area contributed by atoms with Gasteiger partial charge in [-0.15, -0.1) is 11.3 Å². The topological polar surface area (TPSA) is 21.3 Å². The molecule has 1 unspecified atom stereocenters. The first-order chi connectivity index (χ1) is 9.04. The third-order valence-corrected chi connectivity index (χ3v) is 3.90. The predicted octanol–water partition coefficient (Wildman–Crippen LogP) is 5.18. The Morgan fingerprint density at radius 3 is 2.37 bits per heavy atom. The van der Waals surface area contributed by atoms with Crippen LogP contribution in [0.2, 0.25) is 4.34 Å². The van der Waals surface area contributed by atoms with E-state index in [2.05, 4.69) is 10.1 Å². The van der Waals surface area contributed by atoms with E-state index >= 15 is 0 Å². The van der Waals surface area contributed by atoms with Crippen molar-refractivity contribution < 1.29 is 13.5 Å². The highest BCUT2D eigenvalue weighted by atomic mass is 35.5. The SMILES string of the molecule is CC(Nc1ccc(OC(F)F)cc1)c1ccc(Cl)s1. The van der Waals surface area contributed by atoms with E-state index in [1.807, 2.05) is 19.1 Å². The van der Waals surface area contributed by atoms with Gasteiger partial charge in [0.25, 0.3) is 0 Å². The lowest BCUT2D eigenvalue weighted by atomic mass is 10.2. The summed E-state index contributed by atoms with van der Waals surface area (Å²) in [4.78, 5) is 1.11. The zero-order valence-corrected chi connectivity index (χ0v) is 11.6. The minimum atomic E-state index is -2.80. The van der Waals surface area contributed by atoms with E-state index in [4.69, 9.17) is 11.6 Å². The van der Waals surface area contributed by atoms with Gasteiger partial charge < -0.3 is 10.1 Å². The van der Waals surface area contributed by atoms with E-state index in [0.29, 0.717) is 0 Å². The molecule has 1 heterocycles. The molecule has 2 rings (SSSR count). The smallest absolute Gasteiger partial charge is 0.387 e. The average molecular weight is 304 g/mol. The van der Waals surface area contributed by atoms with Gasteiger partial charge in [0.05, 0.1) is 10.4 Å². The highest BCUT2D eigenvalue weighted by molar-refractivity contribution is 7.16. The van der Waals surface area contributed by atoms with Crippen LogP contribution in [-0.4, -0.2) is 6.61 Å². The summed E-state index contributed by atoms with van der Waals surface area (Å²) in [5, 5.41) is 3.26. The van der Waals surface area contributed by atoms with Gasteiger partial charge in [-0.05, 0) is 43.3 Å². The van der Waals surface area contributed by atoms with Crippen molar-refractivity contribution in [3.8, 4) is 5.75 Å². The lowest BCUT2D eigenvalue weighted by molar-refractivity contribution is -0.0498. The lowest BCUT2D eigenvalue weighted by Gasteiger charge is -2.14. The molecule has 1 aromatic heterocycles. The van der Waals surface area contributed by atoms with Gasteiger partial charge in [0.1, 0.15) is 5.75 Å². The Morgan fingerprint density at radius 1 is 1.16 bits per heavy atom. The molecule has 1 aromatic carbocycles. The second-order valence-electron chi connectivity index (χ2n) is 3.91. The molecular weight excluding hydrogens is 292 g/mol. The number of alkyl halides is 2. The van der Waals surface area contributed by atoms with Gasteiger partial charge in [-0.1, -0.05) is 11.6 Å². The van der Waals surface area contributed by atoms with Gasteiger partial charge in [0.15, 0.2) is 0 Å². The van der Waals surface area contributed by atoms with Crippen LogP contribution in [0.5, 0.6) is 5.75 Å². The van der Waals surface area contributed by atoms with Crippen LogP contribution in [0.4, 0.5) is 14.5 Å². The summed E-state index contributed by atoms with van der Waals surface area (Å²) in [5.41, 5.74) is 0.832. The molecule has 0 aliphatic heterocycles. The zero-order valence-electron chi connectivity index (χ0n) is 10.1. The van der Waals surface area contributed by atoms with E-state index in [9.17, 15) is 8.78 Å². The predicted molar refractivity (Wildman–Crippen MR) is 74.4 cm³/mol. The number of ether oxygens (including phenoxy) is 1. The Hall–Kier alpha value is -1.33. The number of anilines is 1. The maximum Gasteiger partial charge on any atom is 0.387 e. The molecule has 0 saturated heterocycles. The van der Waals surface area contributed by atoms with Crippen LogP contribution in [0, 0.1) is 0 Å². The molecule has 2 aromatic rings. The Morgan fingerprint density at radius 2 is 1.84 bits per heavy atom. The Bertz CT molecular complexity index is 530. The second kappa shape index (κ2) is 6.21. The van der Waals surface area contributed by atoms with Crippen molar-refractivity contribution in [1.29, 1.82) is 0 Å². The van der Waals surface area contributed by atoms with Crippen LogP contribution in [0.15, 0.2) is 36.4 Å². The van der Waals surface area contributed by atoms with Crippen LogP contribution in [0.1, 0.15) is 17.8 Å². The summed E-state index contributed by atoms with van der Waals surface area (Å²) in [6, 6.07) is 10.3. The zero-order chi connectivity index (χ0) is 13.8. The Labute approximate surface area is 119 Å². The van der Waals surface area contributed by atoms with Crippen LogP contribution in [-0.2, 0) is 0 Å². The molecule has 6 heteroatoms. The van der Waals surface area contributed by atoms with E-state index in [-0.39, 0.29) is 11.8 Å². The molecule has 0 saturated carbocycles. The highest BCUT2D eigenvalue weighted by Crippen LogP contribution is 2.29. The molecule has 0 amide bonds. The monoisotopic (exact) mass is 303 g/mol. The van der Waals surface area contributed by atoms with Gasteiger partial charge in [-0.3, -0.25) is 0 Å². The fourth-order valence-electron chi connectivity index (χ4n) is 1.61. The van der Waals surface area contributed by atoms with Crippen molar-refractivity contribution in [3.05, 3.63) is 45.6 Å². The lowest BCUT2D eigenvalue weighted by Crippen LogP contribution is -2.05. The summed E-state index contributed by atoms with van der Waals surface area (Å²) >= 11 is 7.39. The minimum absolute atomic E-state index is 0.0966. The van der Waals surface area contributed by atoms with Crippen molar-refractivity contribution in [2.24, 2.45) is 0 Å². The standard InChI is InChI=1S/C13H12ClF2NOS/c1-8(11-6-7-12(14)19-11)17-9-2-4-10(5-3-9)18-13(15)16/h2-8,13,17H,1H3. The second-order valence-corrected chi connectivity index (χ2v) is 5.66. The number of nitrogens with one attached hydrogen (secondary N) is 1. The maximum atomic E-state index is 12.0. The molecule has 2 nitrogen and oxygen atoms in total. The molecule has 1 atom stereocenters. The molecule has 1 N–H and O–H groups in total. The quantitative estimate of drug-likeness (QED) is 0.822. The summed E-state index contributed by atoms with van der Waals surface area (Å²) in [5.74, 6) is 0.146. The summed E-state index contributed by atoms with van der Waals surface area (Å²) in [6.45, 7) is -0.794. The molecule has 0 radical (unpaired) electrons. The molecule has 0 bridgehead atoms. The van der Waals surface area contributed by atoms with Crippen molar-refractivity contribution in [3.63, 3.8) is 0 Å². The summed E-state index contributed by atoms with van der Waals surface area (Å²) < 4.78 is 29.0. The molecule has 0 aliphatic rings. The van der Waals surface area contributed by atoms with Gasteiger partial charge in [-0.2, -0.15) is 8.78 Å². The van der Waals surface area contributed by atoms with Gasteiger partial charge in [-0.25, -0.2) is 0 Å². The van der Waals surface area contributed by atoms with Crippen molar-refractivity contribution >= 4 is 28.6 Å². The molecule has 102 valence electrons. The fraction of sp³-hybridized carbons (Fsp3) is 0.231. The molecule has 19 heavy (non-hydrogen) atoms. The molecular formula is C13H12ClF2NOS. The Kier molecular flexibility index (Phi) is 4.61. The number of thiophene rings is 1. The van der Waals surface area contributed by atoms with Crippen molar-refractivity contribution in [1.82, 2.24) is 0 Å². The first-order valence-corrected chi connectivity index (χ1v) is 6.80. The number of hydrogen-bond donors (Lipinski definition) is 1. The largest absolute Gasteiger partial charge is 0.435 e. The first kappa shape index (κ1) is 14.1. The van der Waals surface area contributed by atoms with E-state index in [1.54, 1.807) is 12.1 Å². The van der Waals surface area contributed by atoms with Gasteiger partial charge >= 0.3 is 6.61 Å². The van der Waals surface area contributed by atoms with Crippen LogP contribution < -0.4 is 10.1 Å². The molecule has 0 aliphatic carbocycles. The highest BCUT2D eigenvalue weighted by Gasteiger charge is 2.09. The van der Waals surface area contributed by atoms with E-state index < -0.39 is 6.61 Å². The maximum absolute atomic E-state index is 12.0. The van der Waals surface area contributed by atoms with E-state index in [0.717, 1.165) is 14.9 Å². The van der Waals surface area contributed by atoms with Crippen LogP contribution in [0.3, 0.4) is 0 Å². The number of benzene rings is 1. The third kappa shape index (κ3) is 4.08. The molecule has 0 spiro atoms. The number of rotatable bonds is 5. The normalized spacial score (nSPS) is 12.5. The van der Waals surface area contributed by atoms with Gasteiger partial charge in [0, 0.05) is 10.6 Å². The van der Waals surface area contributed by atoms with E-state index in [1.165, 1.54) is 23.5 Å². The third-order valence-electron chi connectivity index (χ3n) is 2.48. The number of halogens is 3. The summed E-state index contributed by atoms with van der Waals surface area (Å²) in [7, 11) is 0. The summed E-state index contributed by atoms with van der Waals surface area (Å²) in [6.07, 6.45) is 0. The average Bonchev–Trinajstić information content (AvgIpc) is 2.78. The van der Waals surface area contributed by atoms with Gasteiger partial charge in [0.2, 0.25) is 0 Å².